The molecule has 7 nitrogen and oxygen atoms in total. The molecule has 0 bridgehead atoms. The molecule has 1 unspecified atom stereocenters. The lowest BCUT2D eigenvalue weighted by atomic mass is 10.1. The van der Waals surface area contributed by atoms with Crippen LogP contribution in [0.15, 0.2) is 12.2 Å². The van der Waals surface area contributed by atoms with Gasteiger partial charge in [-0.2, -0.15) is 0 Å². The Morgan fingerprint density at radius 2 is 1.88 bits per heavy atom. The second-order valence-electron chi connectivity index (χ2n) is 3.17. The number of carboxylic acids is 2. The molecule has 0 radical (unpaired) electrons. The highest BCUT2D eigenvalue weighted by Gasteiger charge is 2.13. The van der Waals surface area contributed by atoms with Crippen LogP contribution >= 0.6 is 0 Å². The van der Waals surface area contributed by atoms with E-state index in [-0.39, 0.29) is 25.0 Å². The van der Waals surface area contributed by atoms with Crippen LogP contribution in [0.3, 0.4) is 0 Å². The number of nitrogens with one attached hydrogen (secondary N) is 1. The maximum Gasteiger partial charge on any atom is 0.332 e. The Morgan fingerprint density at radius 3 is 2.31 bits per heavy atom. The van der Waals surface area contributed by atoms with E-state index in [0.29, 0.717) is 0 Å². The first kappa shape index (κ1) is 14.1. The summed E-state index contributed by atoms with van der Waals surface area (Å²) in [6.45, 7) is 3.05. The lowest BCUT2D eigenvalue weighted by Gasteiger charge is -2.07. The summed E-state index contributed by atoms with van der Waals surface area (Å²) < 4.78 is 0. The van der Waals surface area contributed by atoms with Gasteiger partial charge in [-0.3, -0.25) is 9.59 Å². The van der Waals surface area contributed by atoms with Gasteiger partial charge in [0.15, 0.2) is 0 Å². The lowest BCUT2D eigenvalue weighted by molar-refractivity contribution is -0.138. The summed E-state index contributed by atoms with van der Waals surface area (Å²) in [6, 6.07) is -1.09. The van der Waals surface area contributed by atoms with Crippen molar-refractivity contribution >= 4 is 17.8 Å². The quantitative estimate of drug-likeness (QED) is 0.412. The van der Waals surface area contributed by atoms with Gasteiger partial charge in [0, 0.05) is 18.5 Å². The van der Waals surface area contributed by atoms with Gasteiger partial charge in [0.1, 0.15) is 6.04 Å². The van der Waals surface area contributed by atoms with E-state index < -0.39 is 23.9 Å². The van der Waals surface area contributed by atoms with Crippen LogP contribution in [0.1, 0.15) is 12.8 Å². The minimum Gasteiger partial charge on any atom is -0.480 e. The molecule has 0 aromatic heterocycles. The summed E-state index contributed by atoms with van der Waals surface area (Å²) >= 11 is 0. The van der Waals surface area contributed by atoms with Crippen molar-refractivity contribution in [2.24, 2.45) is 5.73 Å². The summed E-state index contributed by atoms with van der Waals surface area (Å²) in [7, 11) is 0. The summed E-state index contributed by atoms with van der Waals surface area (Å²) in [5, 5.41) is 19.2. The van der Waals surface area contributed by atoms with Crippen molar-refractivity contribution in [3.63, 3.8) is 0 Å². The van der Waals surface area contributed by atoms with Crippen LogP contribution in [0.2, 0.25) is 0 Å². The van der Waals surface area contributed by atoms with Crippen molar-refractivity contribution in [3.8, 4) is 0 Å². The fourth-order valence-corrected chi connectivity index (χ4v) is 0.779. The smallest absolute Gasteiger partial charge is 0.332 e. The van der Waals surface area contributed by atoms with Crippen molar-refractivity contribution in [2.75, 3.05) is 6.54 Å². The molecule has 0 heterocycles. The number of rotatable bonds is 7. The minimum atomic E-state index is -1.19. The average molecular weight is 230 g/mol. The Bertz CT molecular complexity index is 313. The molecular formula is C9H14N2O5. The monoisotopic (exact) mass is 230 g/mol. The van der Waals surface area contributed by atoms with Gasteiger partial charge in [-0.25, -0.2) is 4.79 Å². The van der Waals surface area contributed by atoms with Crippen molar-refractivity contribution in [2.45, 2.75) is 18.9 Å². The van der Waals surface area contributed by atoms with Crippen LogP contribution in [0.5, 0.6) is 0 Å². The van der Waals surface area contributed by atoms with Crippen LogP contribution in [-0.2, 0) is 14.4 Å². The van der Waals surface area contributed by atoms with Gasteiger partial charge in [-0.15, -0.1) is 0 Å². The first-order valence-electron chi connectivity index (χ1n) is 4.50. The van der Waals surface area contributed by atoms with E-state index in [1.165, 1.54) is 0 Å². The molecular weight excluding hydrogens is 216 g/mol. The maximum atomic E-state index is 11.1. The molecule has 1 amide bonds. The van der Waals surface area contributed by atoms with Gasteiger partial charge in [0.25, 0.3) is 0 Å². The topological polar surface area (TPSA) is 130 Å². The maximum absolute atomic E-state index is 11.1. The molecule has 0 fully saturated rings. The average Bonchev–Trinajstić information content (AvgIpc) is 2.21. The number of amides is 1. The Kier molecular flexibility index (Phi) is 5.79. The van der Waals surface area contributed by atoms with E-state index >= 15 is 0 Å². The molecule has 0 saturated heterocycles. The number of hydrogen-bond acceptors (Lipinski definition) is 4. The molecule has 1 atom stereocenters. The Morgan fingerprint density at radius 1 is 1.31 bits per heavy atom. The largest absolute Gasteiger partial charge is 0.480 e. The summed E-state index contributed by atoms with van der Waals surface area (Å²) in [5.74, 6) is -2.83. The van der Waals surface area contributed by atoms with E-state index in [4.69, 9.17) is 15.9 Å². The number of nitrogens with two attached hydrogens (primary N) is 1. The molecule has 5 N–H and O–H groups in total. The van der Waals surface area contributed by atoms with E-state index in [0.717, 1.165) is 0 Å². The highest BCUT2D eigenvalue weighted by atomic mass is 16.4. The summed E-state index contributed by atoms with van der Waals surface area (Å²) in [4.78, 5) is 31.7. The lowest BCUT2D eigenvalue weighted by Crippen LogP contribution is -2.33. The normalized spacial score (nSPS) is 11.6. The van der Waals surface area contributed by atoms with Crippen molar-refractivity contribution in [1.82, 2.24) is 5.32 Å². The first-order chi connectivity index (χ1) is 7.34. The second kappa shape index (κ2) is 6.57. The Balaban J connectivity index is 3.80. The number of hydrogen-bond donors (Lipinski definition) is 4. The van der Waals surface area contributed by atoms with Crippen molar-refractivity contribution < 1.29 is 24.6 Å². The predicted octanol–water partition coefficient (Wildman–Crippen LogP) is -1.06. The van der Waals surface area contributed by atoms with E-state index in [1.54, 1.807) is 0 Å². The van der Waals surface area contributed by atoms with Gasteiger partial charge >= 0.3 is 11.9 Å². The summed E-state index contributed by atoms with van der Waals surface area (Å²) in [5.41, 5.74) is 5.04. The van der Waals surface area contributed by atoms with Crippen LogP contribution in [-0.4, -0.2) is 40.6 Å². The van der Waals surface area contributed by atoms with Crippen molar-refractivity contribution in [1.29, 1.82) is 0 Å². The third-order valence-electron chi connectivity index (χ3n) is 1.80. The van der Waals surface area contributed by atoms with E-state index in [9.17, 15) is 14.4 Å². The number of carbonyl (C=O) groups excluding carboxylic acids is 1. The van der Waals surface area contributed by atoms with Crippen molar-refractivity contribution in [3.05, 3.63) is 12.2 Å². The molecule has 90 valence electrons. The second-order valence-corrected chi connectivity index (χ2v) is 3.17. The molecule has 7 heteroatoms. The first-order valence-corrected chi connectivity index (χ1v) is 4.50. The zero-order chi connectivity index (χ0) is 12.7. The molecule has 0 saturated carbocycles. The molecule has 0 rings (SSSR count). The van der Waals surface area contributed by atoms with Gasteiger partial charge in [-0.1, -0.05) is 6.58 Å². The van der Waals surface area contributed by atoms with E-state index in [1.807, 2.05) is 0 Å². The highest BCUT2D eigenvalue weighted by molar-refractivity contribution is 5.87. The SMILES string of the molecule is C=C(CNC(=O)CCC(N)C(=O)O)C(=O)O. The van der Waals surface area contributed by atoms with E-state index in [2.05, 4.69) is 11.9 Å². The number of aliphatic carboxylic acids is 2. The van der Waals surface area contributed by atoms with Crippen LogP contribution in [0.4, 0.5) is 0 Å². The zero-order valence-corrected chi connectivity index (χ0v) is 8.60. The third-order valence-corrected chi connectivity index (χ3v) is 1.80. The minimum absolute atomic E-state index is 0.000709. The zero-order valence-electron chi connectivity index (χ0n) is 8.60. The molecule has 0 spiro atoms. The molecule has 0 aliphatic rings. The molecule has 16 heavy (non-hydrogen) atoms. The Hall–Kier alpha value is -1.89. The molecule has 0 aromatic rings. The van der Waals surface area contributed by atoms with Gasteiger partial charge < -0.3 is 21.3 Å². The van der Waals surface area contributed by atoms with Crippen LogP contribution in [0, 0.1) is 0 Å². The number of carboxylic acid groups (broad SMARTS) is 2. The fourth-order valence-electron chi connectivity index (χ4n) is 0.779. The Labute approximate surface area is 91.9 Å². The number of carbonyl (C=O) groups is 3. The fraction of sp³-hybridized carbons (Fsp3) is 0.444. The van der Waals surface area contributed by atoms with Crippen LogP contribution in [0.25, 0.3) is 0 Å². The summed E-state index contributed by atoms with van der Waals surface area (Å²) in [6.07, 6.45) is -0.0684. The van der Waals surface area contributed by atoms with Gasteiger partial charge in [0.05, 0.1) is 0 Å². The molecule has 0 aromatic carbocycles. The van der Waals surface area contributed by atoms with Gasteiger partial charge in [-0.05, 0) is 6.42 Å². The molecule has 0 aliphatic heterocycles. The van der Waals surface area contributed by atoms with Gasteiger partial charge in [0.2, 0.25) is 5.91 Å². The molecule has 0 aliphatic carbocycles. The van der Waals surface area contributed by atoms with Crippen LogP contribution < -0.4 is 11.1 Å². The standard InChI is InChI=1S/C9H14N2O5/c1-5(8(13)14)4-11-7(12)3-2-6(10)9(15)16/h6H,1-4,10H2,(H,11,12)(H,13,14)(H,15,16). The predicted molar refractivity (Wildman–Crippen MR) is 54.6 cm³/mol. The third kappa shape index (κ3) is 5.76. The highest BCUT2D eigenvalue weighted by Crippen LogP contribution is 1.95.